The summed E-state index contributed by atoms with van der Waals surface area (Å²) in [6.07, 6.45) is -0.775. The third kappa shape index (κ3) is 5.11. The Morgan fingerprint density at radius 3 is 1.89 bits per heavy atom. The molecule has 0 bridgehead atoms. The van der Waals surface area contributed by atoms with Crippen molar-refractivity contribution in [3.05, 3.63) is 113 Å². The van der Waals surface area contributed by atoms with E-state index in [-0.39, 0.29) is 5.92 Å². The van der Waals surface area contributed by atoms with Gasteiger partial charge in [0.15, 0.2) is 0 Å². The molecule has 144 valence electrons. The topological polar surface area (TPSA) is 20.2 Å². The summed E-state index contributed by atoms with van der Waals surface area (Å²) in [6.45, 7) is 0. The average Bonchev–Trinajstić information content (AvgIpc) is 2.72. The largest absolute Gasteiger partial charge is 0.416 e. The van der Waals surface area contributed by atoms with Crippen molar-refractivity contribution < 1.29 is 18.3 Å². The monoisotopic (exact) mass is 382 g/mol. The fraction of sp³-hybridized carbons (Fsp3) is 0.167. The van der Waals surface area contributed by atoms with Crippen LogP contribution >= 0.6 is 0 Å². The lowest BCUT2D eigenvalue weighted by Crippen LogP contribution is -2.11. The second-order valence-electron chi connectivity index (χ2n) is 6.63. The number of allylic oxidation sites excluding steroid dienone is 1. The van der Waals surface area contributed by atoms with Gasteiger partial charge in [0, 0.05) is 5.92 Å². The van der Waals surface area contributed by atoms with Crippen molar-refractivity contribution in [1.82, 2.24) is 0 Å². The van der Waals surface area contributed by atoms with Crippen molar-refractivity contribution in [2.75, 3.05) is 0 Å². The Balaban J connectivity index is 1.83. The first-order valence-corrected chi connectivity index (χ1v) is 9.07. The highest BCUT2D eigenvalue weighted by Crippen LogP contribution is 2.36. The Morgan fingerprint density at radius 1 is 0.750 bits per heavy atom. The molecule has 0 spiro atoms. The van der Waals surface area contributed by atoms with E-state index in [1.807, 2.05) is 72.8 Å². The van der Waals surface area contributed by atoms with E-state index in [0.717, 1.165) is 23.3 Å². The van der Waals surface area contributed by atoms with Crippen LogP contribution in [0.1, 0.15) is 40.7 Å². The van der Waals surface area contributed by atoms with Gasteiger partial charge in [-0.15, -0.1) is 0 Å². The molecule has 0 saturated carbocycles. The van der Waals surface area contributed by atoms with Gasteiger partial charge in [0.1, 0.15) is 0 Å². The Morgan fingerprint density at radius 2 is 1.32 bits per heavy atom. The number of aliphatic hydroxyl groups is 1. The molecule has 0 aliphatic rings. The second-order valence-corrected chi connectivity index (χ2v) is 6.63. The third-order valence-corrected chi connectivity index (χ3v) is 4.69. The Hall–Kier alpha value is -2.85. The number of halogens is 3. The Bertz CT molecular complexity index is 885. The zero-order valence-electron chi connectivity index (χ0n) is 15.2. The first kappa shape index (κ1) is 19.9. The summed E-state index contributed by atoms with van der Waals surface area (Å²) in [5.74, 6) is -0.266. The van der Waals surface area contributed by atoms with E-state index in [0.29, 0.717) is 12.0 Å². The highest BCUT2D eigenvalue weighted by atomic mass is 19.4. The molecule has 0 radical (unpaired) electrons. The Kier molecular flexibility index (Phi) is 6.32. The molecule has 0 aromatic heterocycles. The standard InChI is InChI=1S/C24H21F3O/c25-24(26,27)21-16-14-20(15-17-21)23(28)22(19-11-5-2-6-12-19)13-7-10-18-8-3-1-4-9-18/h1-12,14-17,22-23,28H,13H2/b10-7+/t22-,23-/m0/s1. The number of hydrogen-bond acceptors (Lipinski definition) is 1. The van der Waals surface area contributed by atoms with Crippen molar-refractivity contribution in [1.29, 1.82) is 0 Å². The van der Waals surface area contributed by atoms with Gasteiger partial charge in [-0.25, -0.2) is 0 Å². The van der Waals surface area contributed by atoms with Crippen LogP contribution in [0.15, 0.2) is 91.0 Å². The summed E-state index contributed by atoms with van der Waals surface area (Å²) in [7, 11) is 0. The van der Waals surface area contributed by atoms with Crippen LogP contribution in [0.5, 0.6) is 0 Å². The lowest BCUT2D eigenvalue weighted by molar-refractivity contribution is -0.137. The minimum absolute atomic E-state index is 0.266. The van der Waals surface area contributed by atoms with Gasteiger partial charge in [-0.2, -0.15) is 13.2 Å². The van der Waals surface area contributed by atoms with Crippen LogP contribution in [-0.4, -0.2) is 5.11 Å². The zero-order chi connectivity index (χ0) is 20.0. The molecule has 0 aliphatic carbocycles. The van der Waals surface area contributed by atoms with Crippen LogP contribution in [0.4, 0.5) is 13.2 Å². The van der Waals surface area contributed by atoms with E-state index < -0.39 is 17.8 Å². The van der Waals surface area contributed by atoms with Gasteiger partial charge in [-0.3, -0.25) is 0 Å². The maximum Gasteiger partial charge on any atom is 0.416 e. The molecular weight excluding hydrogens is 361 g/mol. The number of benzene rings is 3. The molecule has 28 heavy (non-hydrogen) atoms. The van der Waals surface area contributed by atoms with Crippen LogP contribution in [-0.2, 0) is 6.18 Å². The first-order chi connectivity index (χ1) is 13.4. The molecule has 3 aromatic rings. The molecule has 3 aromatic carbocycles. The number of alkyl halides is 3. The maximum atomic E-state index is 12.8. The molecule has 1 N–H and O–H groups in total. The molecule has 1 nitrogen and oxygen atoms in total. The molecule has 0 fully saturated rings. The number of hydrogen-bond donors (Lipinski definition) is 1. The minimum Gasteiger partial charge on any atom is -0.388 e. The lowest BCUT2D eigenvalue weighted by atomic mass is 9.86. The fourth-order valence-electron chi connectivity index (χ4n) is 3.16. The smallest absolute Gasteiger partial charge is 0.388 e. The van der Waals surface area contributed by atoms with Crippen molar-refractivity contribution in [2.45, 2.75) is 24.6 Å². The highest BCUT2D eigenvalue weighted by molar-refractivity contribution is 5.49. The normalized spacial score (nSPS) is 14.1. The van der Waals surface area contributed by atoms with E-state index in [1.54, 1.807) is 0 Å². The predicted molar refractivity (Wildman–Crippen MR) is 106 cm³/mol. The summed E-state index contributed by atoms with van der Waals surface area (Å²) in [4.78, 5) is 0. The van der Waals surface area contributed by atoms with E-state index in [4.69, 9.17) is 0 Å². The van der Waals surface area contributed by atoms with Crippen molar-refractivity contribution >= 4 is 6.08 Å². The molecule has 0 saturated heterocycles. The van der Waals surface area contributed by atoms with Crippen molar-refractivity contribution in [3.63, 3.8) is 0 Å². The van der Waals surface area contributed by atoms with Gasteiger partial charge >= 0.3 is 6.18 Å². The predicted octanol–water partition coefficient (Wildman–Crippen LogP) is 6.63. The van der Waals surface area contributed by atoms with Crippen LogP contribution in [0, 0.1) is 0 Å². The van der Waals surface area contributed by atoms with Gasteiger partial charge in [0.05, 0.1) is 11.7 Å². The molecule has 0 amide bonds. The number of aliphatic hydroxyl groups excluding tert-OH is 1. The van der Waals surface area contributed by atoms with E-state index in [1.165, 1.54) is 12.1 Å². The zero-order valence-corrected chi connectivity index (χ0v) is 15.2. The molecule has 3 rings (SSSR count). The Labute approximate surface area is 162 Å². The third-order valence-electron chi connectivity index (χ3n) is 4.69. The van der Waals surface area contributed by atoms with Gasteiger partial charge in [0.2, 0.25) is 0 Å². The average molecular weight is 382 g/mol. The fourth-order valence-corrected chi connectivity index (χ4v) is 3.16. The SMILES string of the molecule is O[C@@H](c1ccc(C(F)(F)F)cc1)[C@@H](C/C=C/c1ccccc1)c1ccccc1. The van der Waals surface area contributed by atoms with Crippen LogP contribution < -0.4 is 0 Å². The van der Waals surface area contributed by atoms with Gasteiger partial charge in [-0.05, 0) is 35.2 Å². The summed E-state index contributed by atoms with van der Waals surface area (Å²) in [6, 6.07) is 24.1. The van der Waals surface area contributed by atoms with Crippen LogP contribution in [0.2, 0.25) is 0 Å². The minimum atomic E-state index is -4.39. The van der Waals surface area contributed by atoms with E-state index in [9.17, 15) is 18.3 Å². The first-order valence-electron chi connectivity index (χ1n) is 9.07. The van der Waals surface area contributed by atoms with Crippen molar-refractivity contribution in [3.8, 4) is 0 Å². The molecule has 0 heterocycles. The summed E-state index contributed by atoms with van der Waals surface area (Å²) >= 11 is 0. The van der Waals surface area contributed by atoms with Crippen molar-refractivity contribution in [2.24, 2.45) is 0 Å². The maximum absolute atomic E-state index is 12.8. The lowest BCUT2D eigenvalue weighted by Gasteiger charge is -2.23. The van der Waals surface area contributed by atoms with Gasteiger partial charge in [0.25, 0.3) is 0 Å². The van der Waals surface area contributed by atoms with Gasteiger partial charge < -0.3 is 5.11 Å². The molecular formula is C24H21F3O. The summed E-state index contributed by atoms with van der Waals surface area (Å²) in [5.41, 5.74) is 1.74. The highest BCUT2D eigenvalue weighted by Gasteiger charge is 2.30. The quantitative estimate of drug-likeness (QED) is 0.507. The summed E-state index contributed by atoms with van der Waals surface area (Å²) in [5, 5.41) is 10.9. The van der Waals surface area contributed by atoms with Crippen LogP contribution in [0.3, 0.4) is 0 Å². The molecule has 0 aliphatic heterocycles. The summed E-state index contributed by atoms with van der Waals surface area (Å²) < 4.78 is 38.4. The van der Waals surface area contributed by atoms with E-state index in [2.05, 4.69) is 0 Å². The second kappa shape index (κ2) is 8.89. The number of rotatable bonds is 6. The van der Waals surface area contributed by atoms with Gasteiger partial charge in [-0.1, -0.05) is 84.9 Å². The molecule has 4 heteroatoms. The molecule has 0 unspecified atom stereocenters. The van der Waals surface area contributed by atoms with Crippen LogP contribution in [0.25, 0.3) is 6.08 Å². The van der Waals surface area contributed by atoms with E-state index >= 15 is 0 Å². The molecule has 2 atom stereocenters.